The van der Waals surface area contributed by atoms with Crippen LogP contribution in [0.25, 0.3) is 0 Å². The minimum absolute atomic E-state index is 0.424. The zero-order chi connectivity index (χ0) is 11.7. The van der Waals surface area contributed by atoms with E-state index in [0.29, 0.717) is 6.04 Å². The van der Waals surface area contributed by atoms with E-state index in [-0.39, 0.29) is 0 Å². The first-order chi connectivity index (χ1) is 8.34. The van der Waals surface area contributed by atoms with Crippen molar-refractivity contribution in [3.05, 3.63) is 46.0 Å². The Morgan fingerprint density at radius 1 is 1.47 bits per heavy atom. The summed E-state index contributed by atoms with van der Waals surface area (Å²) in [4.78, 5) is 4.11. The lowest BCUT2D eigenvalue weighted by atomic mass is 10.1. The number of H-pyrrole nitrogens is 1. The molecule has 1 aromatic carbocycles. The Morgan fingerprint density at radius 2 is 2.41 bits per heavy atom. The molecule has 0 spiro atoms. The van der Waals surface area contributed by atoms with Crippen molar-refractivity contribution in [3.8, 4) is 0 Å². The number of fused-ring (bicyclic) bond motifs is 1. The lowest BCUT2D eigenvalue weighted by molar-refractivity contribution is 0.520. The van der Waals surface area contributed by atoms with E-state index in [4.69, 9.17) is 0 Å². The third kappa shape index (κ3) is 2.12. The van der Waals surface area contributed by atoms with Crippen molar-refractivity contribution in [2.75, 3.05) is 0 Å². The Hall–Kier alpha value is -1.20. The second-order valence-electron chi connectivity index (χ2n) is 4.21. The summed E-state index contributed by atoms with van der Waals surface area (Å²) in [6.45, 7) is 0.733. The fraction of sp³-hybridized carbons (Fsp3) is 0.333. The average Bonchev–Trinajstić information content (AvgIpc) is 2.95. The van der Waals surface area contributed by atoms with Gasteiger partial charge in [-0.05, 0) is 30.0 Å². The number of hydrogen-bond donors (Lipinski definition) is 2. The molecule has 17 heavy (non-hydrogen) atoms. The summed E-state index contributed by atoms with van der Waals surface area (Å²) in [7, 11) is 0. The minimum atomic E-state index is 0.424. The highest BCUT2D eigenvalue weighted by molar-refractivity contribution is 9.10. The highest BCUT2D eigenvalue weighted by atomic mass is 79.9. The molecule has 2 N–H and O–H groups in total. The maximum Gasteiger partial charge on any atom is 0.138 e. The lowest BCUT2D eigenvalue weighted by Gasteiger charge is -2.12. The van der Waals surface area contributed by atoms with Gasteiger partial charge in [0.25, 0.3) is 0 Å². The predicted octanol–water partition coefficient (Wildman–Crippen LogP) is 2.34. The Kier molecular flexibility index (Phi) is 2.94. The van der Waals surface area contributed by atoms with Gasteiger partial charge in [-0.3, -0.25) is 5.10 Å². The molecule has 0 amide bonds. The molecular formula is C12H13BrN4. The minimum Gasteiger partial charge on any atom is -0.303 e. The number of aromatic amines is 1. The van der Waals surface area contributed by atoms with Gasteiger partial charge in [-0.15, -0.1) is 0 Å². The van der Waals surface area contributed by atoms with Gasteiger partial charge in [0, 0.05) is 10.5 Å². The molecule has 1 aromatic heterocycles. The smallest absolute Gasteiger partial charge is 0.138 e. The molecule has 1 heterocycles. The lowest BCUT2D eigenvalue weighted by Crippen LogP contribution is -2.19. The van der Waals surface area contributed by atoms with E-state index in [1.165, 1.54) is 21.9 Å². The molecule has 5 heteroatoms. The van der Waals surface area contributed by atoms with Crippen LogP contribution in [0, 0.1) is 0 Å². The summed E-state index contributed by atoms with van der Waals surface area (Å²) < 4.78 is 1.22. The largest absolute Gasteiger partial charge is 0.303 e. The van der Waals surface area contributed by atoms with Crippen LogP contribution in [0.2, 0.25) is 0 Å². The fourth-order valence-electron chi connectivity index (χ4n) is 2.36. The van der Waals surface area contributed by atoms with Crippen molar-refractivity contribution < 1.29 is 0 Å². The molecule has 1 unspecified atom stereocenters. The first-order valence-corrected chi connectivity index (χ1v) is 6.49. The Labute approximate surface area is 108 Å². The summed E-state index contributed by atoms with van der Waals surface area (Å²) in [5.41, 5.74) is 2.83. The van der Waals surface area contributed by atoms with Gasteiger partial charge in [-0.25, -0.2) is 4.98 Å². The topological polar surface area (TPSA) is 53.6 Å². The van der Waals surface area contributed by atoms with Crippen molar-refractivity contribution in [2.24, 2.45) is 0 Å². The Bertz CT molecular complexity index is 509. The Morgan fingerprint density at radius 3 is 3.24 bits per heavy atom. The molecule has 1 atom stereocenters. The van der Waals surface area contributed by atoms with Crippen molar-refractivity contribution in [2.45, 2.75) is 25.4 Å². The molecule has 4 nitrogen and oxygen atoms in total. The van der Waals surface area contributed by atoms with Crippen LogP contribution < -0.4 is 5.32 Å². The van der Waals surface area contributed by atoms with Crippen LogP contribution >= 0.6 is 15.9 Å². The second kappa shape index (κ2) is 4.58. The first-order valence-electron chi connectivity index (χ1n) is 5.69. The maximum atomic E-state index is 4.11. The van der Waals surface area contributed by atoms with Crippen LogP contribution in [0.3, 0.4) is 0 Å². The molecule has 0 saturated heterocycles. The van der Waals surface area contributed by atoms with E-state index in [0.717, 1.165) is 25.2 Å². The van der Waals surface area contributed by atoms with Gasteiger partial charge in [0.1, 0.15) is 12.2 Å². The van der Waals surface area contributed by atoms with Crippen LogP contribution in [-0.4, -0.2) is 15.2 Å². The van der Waals surface area contributed by atoms with Gasteiger partial charge in [-0.2, -0.15) is 5.10 Å². The van der Waals surface area contributed by atoms with Crippen molar-refractivity contribution >= 4 is 15.9 Å². The van der Waals surface area contributed by atoms with E-state index in [1.54, 1.807) is 0 Å². The standard InChI is InChI=1S/C12H13BrN4/c13-10-3-1-2-9-8(10)4-5-11(9)14-6-12-15-7-16-17-12/h1-3,7,11,14H,4-6H2,(H,15,16,17). The predicted molar refractivity (Wildman–Crippen MR) is 68.4 cm³/mol. The Balaban J connectivity index is 1.73. The molecular weight excluding hydrogens is 280 g/mol. The monoisotopic (exact) mass is 292 g/mol. The number of nitrogens with one attached hydrogen (secondary N) is 2. The molecule has 0 saturated carbocycles. The van der Waals surface area contributed by atoms with Crippen molar-refractivity contribution in [1.82, 2.24) is 20.5 Å². The third-order valence-electron chi connectivity index (χ3n) is 3.19. The van der Waals surface area contributed by atoms with Crippen LogP contribution in [-0.2, 0) is 13.0 Å². The maximum absolute atomic E-state index is 4.11. The summed E-state index contributed by atoms with van der Waals surface area (Å²) in [5, 5.41) is 10.2. The molecule has 0 radical (unpaired) electrons. The van der Waals surface area contributed by atoms with Gasteiger partial charge < -0.3 is 5.32 Å². The molecule has 2 aromatic rings. The van der Waals surface area contributed by atoms with E-state index < -0.39 is 0 Å². The van der Waals surface area contributed by atoms with Gasteiger partial charge in [0.05, 0.1) is 6.54 Å². The molecule has 1 aliphatic carbocycles. The SMILES string of the molecule is Brc1cccc2c1CCC2NCc1ncn[nH]1. The van der Waals surface area contributed by atoms with Crippen LogP contribution in [0.15, 0.2) is 29.0 Å². The summed E-state index contributed by atoms with van der Waals surface area (Å²) >= 11 is 3.61. The molecule has 1 aliphatic rings. The molecule has 3 rings (SSSR count). The van der Waals surface area contributed by atoms with Gasteiger partial charge >= 0.3 is 0 Å². The normalized spacial score (nSPS) is 18.3. The highest BCUT2D eigenvalue weighted by Gasteiger charge is 2.23. The molecule has 0 bridgehead atoms. The summed E-state index contributed by atoms with van der Waals surface area (Å²) in [5.74, 6) is 0.883. The highest BCUT2D eigenvalue weighted by Crippen LogP contribution is 2.35. The molecule has 0 fully saturated rings. The summed E-state index contributed by atoms with van der Waals surface area (Å²) in [6.07, 6.45) is 3.81. The number of benzene rings is 1. The van der Waals surface area contributed by atoms with Crippen LogP contribution in [0.4, 0.5) is 0 Å². The first kappa shape index (κ1) is 10.9. The van der Waals surface area contributed by atoms with Crippen LogP contribution in [0.5, 0.6) is 0 Å². The van der Waals surface area contributed by atoms with Gasteiger partial charge in [0.2, 0.25) is 0 Å². The van der Waals surface area contributed by atoms with Gasteiger partial charge in [0.15, 0.2) is 0 Å². The van der Waals surface area contributed by atoms with Crippen molar-refractivity contribution in [1.29, 1.82) is 0 Å². The quantitative estimate of drug-likeness (QED) is 0.913. The zero-order valence-corrected chi connectivity index (χ0v) is 10.9. The number of halogens is 1. The zero-order valence-electron chi connectivity index (χ0n) is 9.28. The fourth-order valence-corrected chi connectivity index (χ4v) is 2.94. The molecule has 88 valence electrons. The summed E-state index contributed by atoms with van der Waals surface area (Å²) in [6, 6.07) is 6.83. The third-order valence-corrected chi connectivity index (χ3v) is 3.94. The van der Waals surface area contributed by atoms with E-state index in [1.807, 2.05) is 0 Å². The van der Waals surface area contributed by atoms with Gasteiger partial charge in [-0.1, -0.05) is 28.1 Å². The van der Waals surface area contributed by atoms with Crippen LogP contribution in [0.1, 0.15) is 29.4 Å². The number of rotatable bonds is 3. The van der Waals surface area contributed by atoms with Crippen molar-refractivity contribution in [3.63, 3.8) is 0 Å². The van der Waals surface area contributed by atoms with E-state index >= 15 is 0 Å². The van der Waals surface area contributed by atoms with E-state index in [2.05, 4.69) is 54.6 Å². The van der Waals surface area contributed by atoms with E-state index in [9.17, 15) is 0 Å². The molecule has 0 aliphatic heterocycles. The second-order valence-corrected chi connectivity index (χ2v) is 5.07. The number of aromatic nitrogens is 3. The average molecular weight is 293 g/mol. The number of nitrogens with zero attached hydrogens (tertiary/aromatic N) is 2. The number of hydrogen-bond acceptors (Lipinski definition) is 3.